The number of hydrogen-bond acceptors (Lipinski definition) is 8. The minimum atomic E-state index is -2.76. The molecule has 0 bridgehead atoms. The zero-order chi connectivity index (χ0) is 20.7. The standard InChI is InChI=1S/C18H25N3O5S2/c1-13(26-3)8-7-11-21(17(23)27-19-2)16(22)18(20-28(24)25)12-15(18)14-9-5-4-6-10-14/h4-6,9-10,13,15,19H,7-8,11-12H2,1-3H3. The topological polar surface area (TPSA) is 105 Å². The fourth-order valence-electron chi connectivity index (χ4n) is 3.15. The van der Waals surface area contributed by atoms with Crippen LogP contribution in [0.5, 0.6) is 0 Å². The van der Waals surface area contributed by atoms with Crippen molar-refractivity contribution in [3.8, 4) is 0 Å². The first kappa shape index (κ1) is 22.5. The molecule has 2 rings (SSSR count). The predicted molar refractivity (Wildman–Crippen MR) is 107 cm³/mol. The molecule has 1 aliphatic carbocycles. The number of nitrogens with one attached hydrogen (secondary N) is 1. The maximum atomic E-state index is 13.3. The van der Waals surface area contributed by atoms with Gasteiger partial charge in [-0.25, -0.2) is 0 Å². The number of hydrogen-bond donors (Lipinski definition) is 1. The molecule has 28 heavy (non-hydrogen) atoms. The van der Waals surface area contributed by atoms with Crippen molar-refractivity contribution in [1.82, 2.24) is 9.62 Å². The number of carbonyl (C=O) groups is 2. The maximum Gasteiger partial charge on any atom is 0.312 e. The fraction of sp³-hybridized carbons (Fsp3) is 0.556. The van der Waals surface area contributed by atoms with E-state index >= 15 is 0 Å². The van der Waals surface area contributed by atoms with Gasteiger partial charge < -0.3 is 4.74 Å². The van der Waals surface area contributed by atoms with Crippen molar-refractivity contribution in [1.29, 1.82) is 0 Å². The van der Waals surface area contributed by atoms with Crippen LogP contribution in [0.1, 0.15) is 37.7 Å². The van der Waals surface area contributed by atoms with Crippen LogP contribution < -0.4 is 4.72 Å². The number of nitrogens with zero attached hydrogens (tertiary/aromatic N) is 2. The highest BCUT2D eigenvalue weighted by molar-refractivity contribution is 8.11. The Labute approximate surface area is 170 Å². The van der Waals surface area contributed by atoms with Crippen molar-refractivity contribution in [2.75, 3.05) is 20.7 Å². The Hall–Kier alpha value is -1.75. The molecule has 10 heteroatoms. The SMILES string of the molecule is CNSC(=O)N(CCCC(C)OC)C(=O)C1(N=S(=O)=O)CC1c1ccccc1. The number of ether oxygens (including phenoxy) is 1. The average molecular weight is 428 g/mol. The van der Waals surface area contributed by atoms with E-state index in [9.17, 15) is 18.0 Å². The average Bonchev–Trinajstić information content (AvgIpc) is 3.39. The molecule has 0 saturated heterocycles. The van der Waals surface area contributed by atoms with Crippen LogP contribution in [0.4, 0.5) is 4.79 Å². The summed E-state index contributed by atoms with van der Waals surface area (Å²) in [7, 11) is 0.415. The summed E-state index contributed by atoms with van der Waals surface area (Å²) in [6.45, 7) is 2.07. The van der Waals surface area contributed by atoms with Crippen molar-refractivity contribution >= 4 is 33.6 Å². The maximum absolute atomic E-state index is 13.3. The van der Waals surface area contributed by atoms with Crippen LogP contribution >= 0.6 is 11.9 Å². The van der Waals surface area contributed by atoms with E-state index in [-0.39, 0.29) is 25.0 Å². The number of carbonyl (C=O) groups excluding carboxylic acids is 2. The predicted octanol–water partition coefficient (Wildman–Crippen LogP) is 2.61. The van der Waals surface area contributed by atoms with Crippen molar-refractivity contribution in [2.24, 2.45) is 4.36 Å². The number of imide groups is 1. The van der Waals surface area contributed by atoms with Gasteiger partial charge >= 0.3 is 15.7 Å². The van der Waals surface area contributed by atoms with Crippen LogP contribution in [0.3, 0.4) is 0 Å². The molecule has 3 atom stereocenters. The number of rotatable bonds is 9. The third-order valence-corrected chi connectivity index (χ3v) is 5.87. The molecule has 0 aliphatic heterocycles. The Bertz CT molecular complexity index is 823. The zero-order valence-corrected chi connectivity index (χ0v) is 17.8. The lowest BCUT2D eigenvalue weighted by Crippen LogP contribution is -2.44. The summed E-state index contributed by atoms with van der Waals surface area (Å²) in [5.41, 5.74) is -0.628. The highest BCUT2D eigenvalue weighted by atomic mass is 32.2. The largest absolute Gasteiger partial charge is 0.382 e. The Balaban J connectivity index is 2.28. The molecular formula is C18H25N3O5S2. The second-order valence-electron chi connectivity index (χ2n) is 6.62. The van der Waals surface area contributed by atoms with Gasteiger partial charge in [-0.15, -0.1) is 0 Å². The van der Waals surface area contributed by atoms with Gasteiger partial charge in [0.1, 0.15) is 0 Å². The van der Waals surface area contributed by atoms with Crippen LogP contribution in [0.2, 0.25) is 0 Å². The van der Waals surface area contributed by atoms with Crippen LogP contribution in [-0.4, -0.2) is 56.8 Å². The highest BCUT2D eigenvalue weighted by Crippen LogP contribution is 2.55. The lowest BCUT2D eigenvalue weighted by molar-refractivity contribution is -0.130. The molecule has 0 aromatic heterocycles. The monoisotopic (exact) mass is 427 g/mol. The summed E-state index contributed by atoms with van der Waals surface area (Å²) >= 11 is 0.781. The van der Waals surface area contributed by atoms with E-state index in [4.69, 9.17) is 4.74 Å². The van der Waals surface area contributed by atoms with Crippen molar-refractivity contribution < 1.29 is 22.7 Å². The van der Waals surface area contributed by atoms with Gasteiger partial charge in [0, 0.05) is 31.5 Å². The van der Waals surface area contributed by atoms with Crippen LogP contribution in [0.15, 0.2) is 34.7 Å². The van der Waals surface area contributed by atoms with E-state index < -0.39 is 27.2 Å². The quantitative estimate of drug-likeness (QED) is 0.604. The minimum absolute atomic E-state index is 0.00482. The van der Waals surface area contributed by atoms with Gasteiger partial charge in [0.25, 0.3) is 5.91 Å². The summed E-state index contributed by atoms with van der Waals surface area (Å²) in [6, 6.07) is 9.15. The molecule has 1 fully saturated rings. The van der Waals surface area contributed by atoms with E-state index in [1.807, 2.05) is 37.3 Å². The molecule has 0 spiro atoms. The van der Waals surface area contributed by atoms with Crippen LogP contribution in [-0.2, 0) is 20.0 Å². The van der Waals surface area contributed by atoms with E-state index in [1.54, 1.807) is 14.2 Å². The lowest BCUT2D eigenvalue weighted by atomic mass is 10.1. The minimum Gasteiger partial charge on any atom is -0.382 e. The third kappa shape index (κ3) is 5.40. The summed E-state index contributed by atoms with van der Waals surface area (Å²) in [5, 5.41) is -0.484. The summed E-state index contributed by atoms with van der Waals surface area (Å²) in [4.78, 5) is 26.9. The second-order valence-corrected chi connectivity index (χ2v) is 8.20. The summed E-state index contributed by atoms with van der Waals surface area (Å²) < 4.78 is 34.3. The van der Waals surface area contributed by atoms with Gasteiger partial charge in [0.15, 0.2) is 5.54 Å². The number of amides is 2. The molecule has 3 unspecified atom stereocenters. The van der Waals surface area contributed by atoms with Crippen LogP contribution in [0, 0.1) is 0 Å². The van der Waals surface area contributed by atoms with Gasteiger partial charge in [0.05, 0.1) is 6.10 Å². The van der Waals surface area contributed by atoms with E-state index in [2.05, 4.69) is 9.08 Å². The van der Waals surface area contributed by atoms with Crippen LogP contribution in [0.25, 0.3) is 0 Å². The van der Waals surface area contributed by atoms with E-state index in [0.29, 0.717) is 12.8 Å². The van der Waals surface area contributed by atoms with E-state index in [1.165, 1.54) is 0 Å². The van der Waals surface area contributed by atoms with Gasteiger partial charge in [-0.1, -0.05) is 30.3 Å². The van der Waals surface area contributed by atoms with Gasteiger partial charge in [-0.2, -0.15) is 12.8 Å². The third-order valence-electron chi connectivity index (χ3n) is 4.79. The smallest absolute Gasteiger partial charge is 0.312 e. The number of methoxy groups -OCH3 is 1. The first-order chi connectivity index (χ1) is 13.4. The molecule has 0 radical (unpaired) electrons. The Morgan fingerprint density at radius 2 is 2.07 bits per heavy atom. The number of benzene rings is 1. The molecule has 1 aliphatic rings. The Morgan fingerprint density at radius 3 is 2.64 bits per heavy atom. The molecule has 2 amide bonds. The Morgan fingerprint density at radius 1 is 1.39 bits per heavy atom. The first-order valence-corrected chi connectivity index (χ1v) is 10.8. The highest BCUT2D eigenvalue weighted by Gasteiger charge is 2.64. The van der Waals surface area contributed by atoms with Crippen molar-refractivity contribution in [2.45, 2.75) is 43.7 Å². The zero-order valence-electron chi connectivity index (χ0n) is 16.1. The molecule has 154 valence electrons. The Kier molecular flexibility index (Phi) is 8.17. The normalized spacial score (nSPS) is 21.6. The molecule has 1 N–H and O–H groups in total. The first-order valence-electron chi connectivity index (χ1n) is 8.95. The summed E-state index contributed by atoms with van der Waals surface area (Å²) in [6.07, 6.45) is 1.46. The van der Waals surface area contributed by atoms with Gasteiger partial charge in [-0.05, 0) is 38.8 Å². The van der Waals surface area contributed by atoms with E-state index in [0.717, 1.165) is 22.4 Å². The van der Waals surface area contributed by atoms with Crippen molar-refractivity contribution in [3.63, 3.8) is 0 Å². The lowest BCUT2D eigenvalue weighted by Gasteiger charge is -2.24. The summed E-state index contributed by atoms with van der Waals surface area (Å²) in [5.74, 6) is -0.949. The molecule has 1 saturated carbocycles. The van der Waals surface area contributed by atoms with Gasteiger partial charge in [0.2, 0.25) is 0 Å². The van der Waals surface area contributed by atoms with Crippen molar-refractivity contribution in [3.05, 3.63) is 35.9 Å². The molecule has 1 aromatic carbocycles. The van der Waals surface area contributed by atoms with Gasteiger partial charge in [-0.3, -0.25) is 19.2 Å². The molecule has 1 aromatic rings. The molecule has 0 heterocycles. The fourth-order valence-corrected chi connectivity index (χ4v) is 4.15. The molecular weight excluding hydrogens is 402 g/mol. The molecule has 8 nitrogen and oxygen atoms in total. The second kappa shape index (κ2) is 10.1.